The molecule has 1 heterocycles. The highest BCUT2D eigenvalue weighted by atomic mass is 16.4. The molecule has 0 aliphatic heterocycles. The van der Waals surface area contributed by atoms with Gasteiger partial charge in [0.15, 0.2) is 5.78 Å². The standard InChI is InChI=1S/C23H24N2O4/c1-4-16-21(14(3)26)13(2)24-22(16)23(29)25-19(12-20(27)28)18-11-7-9-15-8-5-6-10-17(15)18/h5-11,19,24H,4,12H2,1-3H3,(H,25,29)(H,27,28)/t19-/m1/s1. The summed E-state index contributed by atoms with van der Waals surface area (Å²) in [7, 11) is 0. The van der Waals surface area contributed by atoms with Crippen molar-refractivity contribution in [2.45, 2.75) is 39.7 Å². The first kappa shape index (κ1) is 20.3. The Bertz CT molecular complexity index is 1090. The summed E-state index contributed by atoms with van der Waals surface area (Å²) < 4.78 is 0. The van der Waals surface area contributed by atoms with Gasteiger partial charge < -0.3 is 15.4 Å². The fraction of sp³-hybridized carbons (Fsp3) is 0.261. The van der Waals surface area contributed by atoms with Gasteiger partial charge in [-0.3, -0.25) is 14.4 Å². The molecular weight excluding hydrogens is 368 g/mol. The Balaban J connectivity index is 2.02. The van der Waals surface area contributed by atoms with Crippen LogP contribution < -0.4 is 5.32 Å². The van der Waals surface area contributed by atoms with Crippen LogP contribution in [0.25, 0.3) is 10.8 Å². The molecule has 150 valence electrons. The number of aryl methyl sites for hydroxylation is 1. The molecule has 0 spiro atoms. The van der Waals surface area contributed by atoms with E-state index < -0.39 is 17.9 Å². The minimum atomic E-state index is -1.01. The largest absolute Gasteiger partial charge is 0.481 e. The zero-order valence-electron chi connectivity index (χ0n) is 16.7. The van der Waals surface area contributed by atoms with Crippen molar-refractivity contribution in [1.82, 2.24) is 10.3 Å². The Kier molecular flexibility index (Phi) is 5.82. The summed E-state index contributed by atoms with van der Waals surface area (Å²) in [6.45, 7) is 5.11. The number of aromatic nitrogens is 1. The molecular formula is C23H24N2O4. The number of aliphatic carboxylic acids is 1. The monoisotopic (exact) mass is 392 g/mol. The molecule has 0 radical (unpaired) electrons. The van der Waals surface area contributed by atoms with Crippen molar-refractivity contribution in [3.05, 3.63) is 70.5 Å². The van der Waals surface area contributed by atoms with Gasteiger partial charge in [-0.05, 0) is 42.2 Å². The summed E-state index contributed by atoms with van der Waals surface area (Å²) in [5.41, 5.74) is 2.87. The number of fused-ring (bicyclic) bond motifs is 1. The van der Waals surface area contributed by atoms with Crippen LogP contribution in [0.3, 0.4) is 0 Å². The minimum absolute atomic E-state index is 0.106. The van der Waals surface area contributed by atoms with Crippen LogP contribution in [0, 0.1) is 6.92 Å². The zero-order valence-corrected chi connectivity index (χ0v) is 16.7. The van der Waals surface area contributed by atoms with Crippen LogP contribution in [0.1, 0.15) is 64.0 Å². The van der Waals surface area contributed by atoms with Gasteiger partial charge in [0.1, 0.15) is 5.69 Å². The van der Waals surface area contributed by atoms with Crippen molar-refractivity contribution < 1.29 is 19.5 Å². The number of rotatable bonds is 7. The van der Waals surface area contributed by atoms with E-state index in [-0.39, 0.29) is 12.2 Å². The quantitative estimate of drug-likeness (QED) is 0.525. The third-order valence-corrected chi connectivity index (χ3v) is 5.11. The molecule has 1 amide bonds. The van der Waals surface area contributed by atoms with E-state index in [1.54, 1.807) is 6.92 Å². The summed E-state index contributed by atoms with van der Waals surface area (Å²) in [4.78, 5) is 39.6. The van der Waals surface area contributed by atoms with E-state index in [0.717, 1.165) is 16.3 Å². The molecule has 0 saturated heterocycles. The normalized spacial score (nSPS) is 12.0. The van der Waals surface area contributed by atoms with E-state index >= 15 is 0 Å². The second-order valence-corrected chi connectivity index (χ2v) is 7.08. The van der Waals surface area contributed by atoms with Crippen molar-refractivity contribution in [1.29, 1.82) is 0 Å². The highest BCUT2D eigenvalue weighted by molar-refractivity contribution is 6.03. The highest BCUT2D eigenvalue weighted by Crippen LogP contribution is 2.28. The van der Waals surface area contributed by atoms with Gasteiger partial charge in [0.25, 0.3) is 5.91 Å². The molecule has 0 bridgehead atoms. The fourth-order valence-corrected chi connectivity index (χ4v) is 3.90. The lowest BCUT2D eigenvalue weighted by molar-refractivity contribution is -0.137. The molecule has 6 nitrogen and oxygen atoms in total. The zero-order chi connectivity index (χ0) is 21.1. The van der Waals surface area contributed by atoms with E-state index in [4.69, 9.17) is 0 Å². The number of carbonyl (C=O) groups is 3. The topological polar surface area (TPSA) is 99.3 Å². The average Bonchev–Trinajstić information content (AvgIpc) is 3.03. The van der Waals surface area contributed by atoms with Crippen LogP contribution in [0.4, 0.5) is 0 Å². The molecule has 29 heavy (non-hydrogen) atoms. The Morgan fingerprint density at radius 1 is 1.10 bits per heavy atom. The molecule has 2 aromatic carbocycles. The first-order valence-electron chi connectivity index (χ1n) is 9.56. The Morgan fingerprint density at radius 2 is 1.79 bits per heavy atom. The summed E-state index contributed by atoms with van der Waals surface area (Å²) in [6.07, 6.45) is 0.264. The average molecular weight is 392 g/mol. The molecule has 3 rings (SSSR count). The number of carboxylic acid groups (broad SMARTS) is 1. The summed E-state index contributed by atoms with van der Waals surface area (Å²) in [5.74, 6) is -1.53. The van der Waals surface area contributed by atoms with Gasteiger partial charge >= 0.3 is 5.97 Å². The van der Waals surface area contributed by atoms with Crippen LogP contribution in [0.5, 0.6) is 0 Å². The molecule has 0 aliphatic carbocycles. The van der Waals surface area contributed by atoms with Crippen molar-refractivity contribution in [3.63, 3.8) is 0 Å². The van der Waals surface area contributed by atoms with Gasteiger partial charge in [-0.15, -0.1) is 0 Å². The predicted molar refractivity (Wildman–Crippen MR) is 111 cm³/mol. The maximum atomic E-state index is 13.1. The smallest absolute Gasteiger partial charge is 0.305 e. The first-order valence-corrected chi connectivity index (χ1v) is 9.56. The minimum Gasteiger partial charge on any atom is -0.481 e. The van der Waals surface area contributed by atoms with Gasteiger partial charge in [0.05, 0.1) is 12.5 Å². The Labute approximate surface area is 168 Å². The second-order valence-electron chi connectivity index (χ2n) is 7.08. The summed E-state index contributed by atoms with van der Waals surface area (Å²) >= 11 is 0. The van der Waals surface area contributed by atoms with E-state index in [1.165, 1.54) is 6.92 Å². The number of ketones is 1. The summed E-state index contributed by atoms with van der Waals surface area (Å²) in [6, 6.07) is 12.6. The number of aromatic amines is 1. The lowest BCUT2D eigenvalue weighted by Crippen LogP contribution is -2.31. The molecule has 6 heteroatoms. The third-order valence-electron chi connectivity index (χ3n) is 5.11. The molecule has 0 saturated carbocycles. The van der Waals surface area contributed by atoms with Crippen LogP contribution >= 0.6 is 0 Å². The number of amides is 1. The molecule has 0 aliphatic rings. The number of benzene rings is 2. The molecule has 3 aromatic rings. The first-order chi connectivity index (χ1) is 13.8. The van der Waals surface area contributed by atoms with E-state index in [9.17, 15) is 19.5 Å². The molecule has 1 atom stereocenters. The molecule has 1 aromatic heterocycles. The molecule has 0 unspecified atom stereocenters. The van der Waals surface area contributed by atoms with Gasteiger partial charge in [-0.2, -0.15) is 0 Å². The number of hydrogen-bond donors (Lipinski definition) is 3. The molecule has 3 N–H and O–H groups in total. The Morgan fingerprint density at radius 3 is 2.45 bits per heavy atom. The third kappa shape index (κ3) is 4.06. The fourth-order valence-electron chi connectivity index (χ4n) is 3.90. The molecule has 0 fully saturated rings. The SMILES string of the molecule is CCc1c(C(=O)N[C@H](CC(=O)O)c2cccc3ccccc23)[nH]c(C)c1C(C)=O. The van der Waals surface area contributed by atoms with E-state index in [1.807, 2.05) is 49.4 Å². The predicted octanol–water partition coefficient (Wildman–Crippen LogP) is 4.19. The number of carboxylic acids is 1. The Hall–Kier alpha value is -3.41. The van der Waals surface area contributed by atoms with Crippen LogP contribution in [0.2, 0.25) is 0 Å². The van der Waals surface area contributed by atoms with Crippen LogP contribution in [-0.4, -0.2) is 27.8 Å². The van der Waals surface area contributed by atoms with E-state index in [0.29, 0.717) is 28.9 Å². The highest BCUT2D eigenvalue weighted by Gasteiger charge is 2.25. The van der Waals surface area contributed by atoms with E-state index in [2.05, 4.69) is 10.3 Å². The van der Waals surface area contributed by atoms with Crippen molar-refractivity contribution >= 4 is 28.4 Å². The van der Waals surface area contributed by atoms with Gasteiger partial charge in [0.2, 0.25) is 0 Å². The number of hydrogen-bond acceptors (Lipinski definition) is 3. The lowest BCUT2D eigenvalue weighted by atomic mass is 9.96. The van der Waals surface area contributed by atoms with Crippen LogP contribution in [-0.2, 0) is 11.2 Å². The maximum Gasteiger partial charge on any atom is 0.305 e. The second kappa shape index (κ2) is 8.31. The lowest BCUT2D eigenvalue weighted by Gasteiger charge is -2.19. The van der Waals surface area contributed by atoms with Crippen molar-refractivity contribution in [2.75, 3.05) is 0 Å². The number of carbonyl (C=O) groups excluding carboxylic acids is 2. The van der Waals surface area contributed by atoms with Crippen molar-refractivity contribution in [3.8, 4) is 0 Å². The number of nitrogens with one attached hydrogen (secondary N) is 2. The number of H-pyrrole nitrogens is 1. The van der Waals surface area contributed by atoms with Gasteiger partial charge in [-0.25, -0.2) is 0 Å². The number of Topliss-reactive ketones (excluding diaryl/α,β-unsaturated/α-hetero) is 1. The van der Waals surface area contributed by atoms with Gasteiger partial charge in [-0.1, -0.05) is 49.4 Å². The van der Waals surface area contributed by atoms with Gasteiger partial charge in [0, 0.05) is 11.3 Å². The maximum absolute atomic E-state index is 13.1. The van der Waals surface area contributed by atoms with Crippen molar-refractivity contribution in [2.24, 2.45) is 0 Å². The van der Waals surface area contributed by atoms with Crippen LogP contribution in [0.15, 0.2) is 42.5 Å². The summed E-state index contributed by atoms with van der Waals surface area (Å²) in [5, 5.41) is 14.1.